The normalized spacial score (nSPS) is 17.1. The van der Waals surface area contributed by atoms with Gasteiger partial charge in [0.2, 0.25) is 10.0 Å². The highest BCUT2D eigenvalue weighted by Crippen LogP contribution is 2.32. The maximum Gasteiger partial charge on any atom is 0.246 e. The molecule has 1 N–H and O–H groups in total. The van der Waals surface area contributed by atoms with Crippen LogP contribution in [-0.4, -0.2) is 47.7 Å². The van der Waals surface area contributed by atoms with Crippen LogP contribution >= 0.6 is 0 Å². The summed E-state index contributed by atoms with van der Waals surface area (Å²) in [4.78, 5) is 4.97. The summed E-state index contributed by atoms with van der Waals surface area (Å²) in [5, 5.41) is 7.49. The van der Waals surface area contributed by atoms with E-state index in [2.05, 4.69) is 10.4 Å². The van der Waals surface area contributed by atoms with Gasteiger partial charge in [-0.25, -0.2) is 8.42 Å². The van der Waals surface area contributed by atoms with Gasteiger partial charge in [0.15, 0.2) is 0 Å². The number of methoxy groups -OCH3 is 1. The first-order valence-corrected chi connectivity index (χ1v) is 11.6. The Morgan fingerprint density at radius 3 is 2.52 bits per heavy atom. The molecule has 1 atom stereocenters. The molecule has 0 spiro atoms. The lowest BCUT2D eigenvalue weighted by Crippen LogP contribution is -2.29. The molecular weight excluding hydrogens is 414 g/mol. The standard InChI is InChI=1S/C22H27N5O3S/c1-15-11-19(25-18-5-7-20(30-4)8-6-18)12-21(24-15)17-9-10-27(14-17)31(28,29)22-13-23-26(3)16(22)2/h5-8,11-13,17H,9-10,14H2,1-4H3,(H,24,25). The first-order chi connectivity index (χ1) is 14.8. The molecule has 3 aromatic rings. The second-order valence-electron chi connectivity index (χ2n) is 7.84. The number of sulfonamides is 1. The van der Waals surface area contributed by atoms with E-state index in [-0.39, 0.29) is 10.8 Å². The minimum absolute atomic E-state index is 0.0445. The molecule has 1 aliphatic heterocycles. The van der Waals surface area contributed by atoms with Crippen molar-refractivity contribution in [3.8, 4) is 5.75 Å². The Morgan fingerprint density at radius 2 is 1.87 bits per heavy atom. The fourth-order valence-electron chi connectivity index (χ4n) is 3.88. The van der Waals surface area contributed by atoms with Crippen LogP contribution in [0, 0.1) is 13.8 Å². The molecule has 8 nitrogen and oxygen atoms in total. The molecule has 164 valence electrons. The smallest absolute Gasteiger partial charge is 0.246 e. The van der Waals surface area contributed by atoms with Gasteiger partial charge in [0.25, 0.3) is 0 Å². The van der Waals surface area contributed by atoms with E-state index in [1.54, 1.807) is 30.1 Å². The molecule has 1 aromatic carbocycles. The van der Waals surface area contributed by atoms with E-state index in [9.17, 15) is 8.42 Å². The van der Waals surface area contributed by atoms with Gasteiger partial charge in [-0.1, -0.05) is 0 Å². The Hall–Kier alpha value is -2.91. The quantitative estimate of drug-likeness (QED) is 0.631. The third kappa shape index (κ3) is 4.28. The number of aryl methyl sites for hydroxylation is 2. The van der Waals surface area contributed by atoms with E-state index >= 15 is 0 Å². The van der Waals surface area contributed by atoms with E-state index < -0.39 is 10.0 Å². The zero-order chi connectivity index (χ0) is 22.2. The number of nitrogens with one attached hydrogen (secondary N) is 1. The molecule has 0 saturated carbocycles. The average molecular weight is 442 g/mol. The number of benzene rings is 1. The summed E-state index contributed by atoms with van der Waals surface area (Å²) in [5.41, 5.74) is 4.30. The van der Waals surface area contributed by atoms with E-state index in [1.807, 2.05) is 43.3 Å². The summed E-state index contributed by atoms with van der Waals surface area (Å²) >= 11 is 0. The Bertz CT molecular complexity index is 1190. The summed E-state index contributed by atoms with van der Waals surface area (Å²) < 4.78 is 34.5. The summed E-state index contributed by atoms with van der Waals surface area (Å²) in [7, 11) is -0.184. The van der Waals surface area contributed by atoms with Crippen molar-refractivity contribution in [2.45, 2.75) is 31.1 Å². The molecule has 1 aliphatic rings. The molecule has 0 aliphatic carbocycles. The zero-order valence-corrected chi connectivity index (χ0v) is 19.0. The molecule has 0 bridgehead atoms. The third-order valence-corrected chi connectivity index (χ3v) is 7.70. The Balaban J connectivity index is 1.53. The van der Waals surface area contributed by atoms with E-state index in [1.165, 1.54) is 6.20 Å². The van der Waals surface area contributed by atoms with Gasteiger partial charge in [0.05, 0.1) is 19.0 Å². The van der Waals surface area contributed by atoms with Crippen LogP contribution in [-0.2, 0) is 17.1 Å². The van der Waals surface area contributed by atoms with Gasteiger partial charge < -0.3 is 10.1 Å². The van der Waals surface area contributed by atoms with Gasteiger partial charge in [-0.2, -0.15) is 9.40 Å². The number of hydrogen-bond donors (Lipinski definition) is 1. The topological polar surface area (TPSA) is 89.3 Å². The van der Waals surface area contributed by atoms with Crippen LogP contribution in [0.1, 0.15) is 29.4 Å². The molecule has 1 unspecified atom stereocenters. The molecule has 9 heteroatoms. The van der Waals surface area contributed by atoms with Crippen molar-refractivity contribution in [1.29, 1.82) is 0 Å². The zero-order valence-electron chi connectivity index (χ0n) is 18.2. The Labute approximate surface area is 182 Å². The third-order valence-electron chi connectivity index (χ3n) is 5.73. The summed E-state index contributed by atoms with van der Waals surface area (Å²) in [6, 6.07) is 11.7. The molecular formula is C22H27N5O3S. The van der Waals surface area contributed by atoms with E-state index in [4.69, 9.17) is 9.72 Å². The first-order valence-electron chi connectivity index (χ1n) is 10.2. The van der Waals surface area contributed by atoms with Gasteiger partial charge in [-0.3, -0.25) is 9.67 Å². The highest BCUT2D eigenvalue weighted by Gasteiger charge is 2.35. The second-order valence-corrected chi connectivity index (χ2v) is 9.75. The van der Waals surface area contributed by atoms with Crippen molar-refractivity contribution in [3.05, 3.63) is 59.7 Å². The van der Waals surface area contributed by atoms with Gasteiger partial charge in [-0.15, -0.1) is 0 Å². The maximum absolute atomic E-state index is 13.1. The van der Waals surface area contributed by atoms with Crippen LogP contribution in [0.2, 0.25) is 0 Å². The van der Waals surface area contributed by atoms with Crippen molar-refractivity contribution < 1.29 is 13.2 Å². The van der Waals surface area contributed by atoms with E-state index in [0.29, 0.717) is 18.8 Å². The molecule has 0 radical (unpaired) electrons. The van der Waals surface area contributed by atoms with Crippen LogP contribution in [0.15, 0.2) is 47.5 Å². The number of nitrogens with zero attached hydrogens (tertiary/aromatic N) is 4. The van der Waals surface area contributed by atoms with Crippen molar-refractivity contribution in [2.75, 3.05) is 25.5 Å². The van der Waals surface area contributed by atoms with E-state index in [0.717, 1.165) is 34.9 Å². The molecule has 3 heterocycles. The maximum atomic E-state index is 13.1. The molecule has 1 fully saturated rings. The summed E-state index contributed by atoms with van der Waals surface area (Å²) in [5.74, 6) is 0.844. The Kier molecular flexibility index (Phi) is 5.72. The van der Waals surface area contributed by atoms with Gasteiger partial charge in [0, 0.05) is 48.8 Å². The number of pyridine rings is 1. The lowest BCUT2D eigenvalue weighted by atomic mass is 10.0. The van der Waals surface area contributed by atoms with Crippen molar-refractivity contribution in [1.82, 2.24) is 19.1 Å². The predicted octanol–water partition coefficient (Wildman–Crippen LogP) is 3.36. The van der Waals surface area contributed by atoms with Gasteiger partial charge in [-0.05, 0) is 56.7 Å². The van der Waals surface area contributed by atoms with Crippen molar-refractivity contribution >= 4 is 21.4 Å². The number of aromatic nitrogens is 3. The van der Waals surface area contributed by atoms with Gasteiger partial charge in [0.1, 0.15) is 10.6 Å². The summed E-state index contributed by atoms with van der Waals surface area (Å²) in [6.07, 6.45) is 2.16. The van der Waals surface area contributed by atoms with Crippen LogP contribution in [0.3, 0.4) is 0 Å². The SMILES string of the molecule is COc1ccc(Nc2cc(C)nc(C3CCN(S(=O)(=O)c4cnn(C)c4C)C3)c2)cc1. The highest BCUT2D eigenvalue weighted by molar-refractivity contribution is 7.89. The van der Waals surface area contributed by atoms with Gasteiger partial charge >= 0.3 is 0 Å². The number of ether oxygens (including phenoxy) is 1. The lowest BCUT2D eigenvalue weighted by molar-refractivity contribution is 0.415. The van der Waals surface area contributed by atoms with Crippen LogP contribution < -0.4 is 10.1 Å². The fourth-order valence-corrected chi connectivity index (χ4v) is 5.56. The van der Waals surface area contributed by atoms with Crippen molar-refractivity contribution in [2.24, 2.45) is 7.05 Å². The molecule has 0 amide bonds. The first kappa shape index (κ1) is 21.3. The second kappa shape index (κ2) is 8.32. The number of anilines is 2. The summed E-state index contributed by atoms with van der Waals surface area (Å²) in [6.45, 7) is 4.60. The predicted molar refractivity (Wildman–Crippen MR) is 119 cm³/mol. The molecule has 1 saturated heterocycles. The average Bonchev–Trinajstić information content (AvgIpc) is 3.37. The minimum atomic E-state index is -3.57. The van der Waals surface area contributed by atoms with Crippen LogP contribution in [0.4, 0.5) is 11.4 Å². The molecule has 31 heavy (non-hydrogen) atoms. The number of rotatable bonds is 6. The lowest BCUT2D eigenvalue weighted by Gasteiger charge is -2.17. The number of hydrogen-bond acceptors (Lipinski definition) is 6. The largest absolute Gasteiger partial charge is 0.497 e. The highest BCUT2D eigenvalue weighted by atomic mass is 32.2. The fraction of sp³-hybridized carbons (Fsp3) is 0.364. The minimum Gasteiger partial charge on any atom is -0.497 e. The molecule has 2 aromatic heterocycles. The van der Waals surface area contributed by atoms with Crippen molar-refractivity contribution in [3.63, 3.8) is 0 Å². The monoisotopic (exact) mass is 441 g/mol. The Morgan fingerprint density at radius 1 is 1.13 bits per heavy atom. The van der Waals surface area contributed by atoms with Crippen LogP contribution in [0.25, 0.3) is 0 Å². The van der Waals surface area contributed by atoms with Crippen LogP contribution in [0.5, 0.6) is 5.75 Å². The molecule has 4 rings (SSSR count).